The Labute approximate surface area is 126 Å². The Balaban J connectivity index is 2.09. The van der Waals surface area contributed by atoms with Crippen LogP contribution in [-0.4, -0.2) is 5.91 Å². The van der Waals surface area contributed by atoms with Gasteiger partial charge in [0, 0.05) is 5.56 Å². The smallest absolute Gasteiger partial charge is 0.265 e. The second-order valence-electron chi connectivity index (χ2n) is 4.40. The summed E-state index contributed by atoms with van der Waals surface area (Å²) in [5.41, 5.74) is 4.68. The van der Waals surface area contributed by atoms with Crippen LogP contribution in [0.15, 0.2) is 46.9 Å². The van der Waals surface area contributed by atoms with Crippen LogP contribution in [0.5, 0.6) is 5.75 Å². The Bertz CT molecular complexity index is 629. The lowest BCUT2D eigenvalue weighted by Gasteiger charge is -2.09. The van der Waals surface area contributed by atoms with Crippen molar-refractivity contribution >= 4 is 21.8 Å². The van der Waals surface area contributed by atoms with Crippen molar-refractivity contribution < 1.29 is 9.53 Å². The van der Waals surface area contributed by atoms with Gasteiger partial charge in [-0.25, -0.2) is 5.84 Å². The van der Waals surface area contributed by atoms with E-state index in [0.29, 0.717) is 12.2 Å². The highest BCUT2D eigenvalue weighted by molar-refractivity contribution is 9.10. The maximum Gasteiger partial charge on any atom is 0.265 e. The van der Waals surface area contributed by atoms with E-state index in [1.54, 1.807) is 18.2 Å². The second-order valence-corrected chi connectivity index (χ2v) is 5.25. The van der Waals surface area contributed by atoms with E-state index in [0.717, 1.165) is 21.3 Å². The molecule has 2 aromatic rings. The molecule has 0 heterocycles. The molecule has 0 aromatic heterocycles. The summed E-state index contributed by atoms with van der Waals surface area (Å²) in [6.07, 6.45) is 0. The number of benzene rings is 2. The molecule has 0 atom stereocenters. The van der Waals surface area contributed by atoms with Gasteiger partial charge in [-0.3, -0.25) is 10.2 Å². The van der Waals surface area contributed by atoms with E-state index in [9.17, 15) is 4.79 Å². The third kappa shape index (κ3) is 3.59. The number of hydrazine groups is 1. The standard InChI is InChI=1S/C15H15BrN2O2/c1-10-5-6-14(13(16)7-10)20-9-11-3-2-4-12(8-11)15(19)18-17/h2-8H,9,17H2,1H3,(H,18,19). The van der Waals surface area contributed by atoms with Gasteiger partial charge in [-0.2, -0.15) is 0 Å². The molecule has 4 nitrogen and oxygen atoms in total. The average Bonchev–Trinajstić information content (AvgIpc) is 2.46. The van der Waals surface area contributed by atoms with Gasteiger partial charge >= 0.3 is 0 Å². The van der Waals surface area contributed by atoms with Gasteiger partial charge < -0.3 is 4.74 Å². The Morgan fingerprint density at radius 2 is 2.10 bits per heavy atom. The summed E-state index contributed by atoms with van der Waals surface area (Å²) in [7, 11) is 0. The molecule has 104 valence electrons. The zero-order valence-electron chi connectivity index (χ0n) is 11.0. The summed E-state index contributed by atoms with van der Waals surface area (Å²) in [6.45, 7) is 2.40. The zero-order valence-corrected chi connectivity index (χ0v) is 12.6. The summed E-state index contributed by atoms with van der Waals surface area (Å²) in [5.74, 6) is 5.57. The van der Waals surface area contributed by atoms with E-state index >= 15 is 0 Å². The van der Waals surface area contributed by atoms with Gasteiger partial charge in [0.15, 0.2) is 0 Å². The molecule has 0 saturated carbocycles. The number of nitrogens with one attached hydrogen (secondary N) is 1. The van der Waals surface area contributed by atoms with Gasteiger partial charge in [-0.1, -0.05) is 18.2 Å². The van der Waals surface area contributed by atoms with Crippen molar-refractivity contribution in [1.29, 1.82) is 0 Å². The molecule has 3 N–H and O–H groups in total. The van der Waals surface area contributed by atoms with Crippen molar-refractivity contribution in [2.45, 2.75) is 13.5 Å². The molecule has 2 rings (SSSR count). The van der Waals surface area contributed by atoms with Crippen molar-refractivity contribution in [2.75, 3.05) is 0 Å². The van der Waals surface area contributed by atoms with Crippen molar-refractivity contribution in [3.63, 3.8) is 0 Å². The minimum Gasteiger partial charge on any atom is -0.488 e. The van der Waals surface area contributed by atoms with Crippen LogP contribution in [0.3, 0.4) is 0 Å². The van der Waals surface area contributed by atoms with E-state index in [1.807, 2.05) is 31.2 Å². The van der Waals surface area contributed by atoms with Crippen LogP contribution in [0.1, 0.15) is 21.5 Å². The van der Waals surface area contributed by atoms with E-state index < -0.39 is 0 Å². The number of nitrogen functional groups attached to an aromatic ring is 1. The zero-order chi connectivity index (χ0) is 14.5. The van der Waals surface area contributed by atoms with Crippen LogP contribution in [0.25, 0.3) is 0 Å². The lowest BCUT2D eigenvalue weighted by Crippen LogP contribution is -2.30. The molecule has 0 unspecified atom stereocenters. The Hall–Kier alpha value is -1.85. The molecule has 2 aromatic carbocycles. The molecule has 0 fully saturated rings. The number of hydrogen-bond donors (Lipinski definition) is 2. The van der Waals surface area contributed by atoms with Crippen LogP contribution >= 0.6 is 15.9 Å². The SMILES string of the molecule is Cc1ccc(OCc2cccc(C(=O)NN)c2)c(Br)c1. The number of amides is 1. The van der Waals surface area contributed by atoms with Crippen LogP contribution in [0, 0.1) is 6.92 Å². The third-order valence-electron chi connectivity index (χ3n) is 2.80. The van der Waals surface area contributed by atoms with Gasteiger partial charge in [0.2, 0.25) is 0 Å². The summed E-state index contributed by atoms with van der Waals surface area (Å²) >= 11 is 3.46. The van der Waals surface area contributed by atoms with Crippen molar-refractivity contribution in [3.05, 3.63) is 63.6 Å². The summed E-state index contributed by atoms with van der Waals surface area (Å²) in [4.78, 5) is 11.4. The molecular formula is C15H15BrN2O2. The highest BCUT2D eigenvalue weighted by atomic mass is 79.9. The minimum atomic E-state index is -0.316. The first-order valence-corrected chi connectivity index (χ1v) is 6.88. The molecule has 0 aliphatic heterocycles. The van der Waals surface area contributed by atoms with Crippen LogP contribution in [0.2, 0.25) is 0 Å². The molecule has 0 bridgehead atoms. The number of rotatable bonds is 4. The first-order valence-electron chi connectivity index (χ1n) is 6.09. The number of nitrogens with two attached hydrogens (primary N) is 1. The second kappa shape index (κ2) is 6.54. The maximum atomic E-state index is 11.4. The first-order chi connectivity index (χ1) is 9.60. The van der Waals surface area contributed by atoms with Gasteiger partial charge in [0.1, 0.15) is 12.4 Å². The van der Waals surface area contributed by atoms with Crippen molar-refractivity contribution in [3.8, 4) is 5.75 Å². The predicted molar refractivity (Wildman–Crippen MR) is 81.3 cm³/mol. The van der Waals surface area contributed by atoms with E-state index in [4.69, 9.17) is 10.6 Å². The van der Waals surface area contributed by atoms with Crippen LogP contribution in [0.4, 0.5) is 0 Å². The van der Waals surface area contributed by atoms with Gasteiger partial charge in [-0.15, -0.1) is 0 Å². The number of ether oxygens (including phenoxy) is 1. The molecular weight excluding hydrogens is 320 g/mol. The van der Waals surface area contributed by atoms with Gasteiger partial charge in [-0.05, 0) is 58.2 Å². The minimum absolute atomic E-state index is 0.316. The normalized spacial score (nSPS) is 10.2. The van der Waals surface area contributed by atoms with Crippen LogP contribution < -0.4 is 16.0 Å². The average molecular weight is 335 g/mol. The molecule has 0 saturated heterocycles. The Morgan fingerprint density at radius 1 is 1.30 bits per heavy atom. The quantitative estimate of drug-likeness (QED) is 0.513. The fourth-order valence-electron chi connectivity index (χ4n) is 1.77. The highest BCUT2D eigenvalue weighted by Gasteiger charge is 2.05. The largest absolute Gasteiger partial charge is 0.488 e. The molecule has 20 heavy (non-hydrogen) atoms. The molecule has 0 aliphatic rings. The van der Waals surface area contributed by atoms with Gasteiger partial charge in [0.05, 0.1) is 4.47 Å². The number of hydrogen-bond acceptors (Lipinski definition) is 3. The Morgan fingerprint density at radius 3 is 2.80 bits per heavy atom. The molecule has 5 heteroatoms. The fourth-order valence-corrected chi connectivity index (χ4v) is 2.38. The third-order valence-corrected chi connectivity index (χ3v) is 3.42. The Kier molecular flexibility index (Phi) is 4.76. The highest BCUT2D eigenvalue weighted by Crippen LogP contribution is 2.26. The van der Waals surface area contributed by atoms with Crippen molar-refractivity contribution in [2.24, 2.45) is 5.84 Å². The van der Waals surface area contributed by atoms with E-state index in [1.165, 1.54) is 0 Å². The molecule has 0 spiro atoms. The lowest BCUT2D eigenvalue weighted by molar-refractivity contribution is 0.0953. The van der Waals surface area contributed by atoms with E-state index in [2.05, 4.69) is 21.4 Å². The first kappa shape index (κ1) is 14.6. The molecule has 0 aliphatic carbocycles. The summed E-state index contributed by atoms with van der Waals surface area (Å²) < 4.78 is 6.65. The van der Waals surface area contributed by atoms with Gasteiger partial charge in [0.25, 0.3) is 5.91 Å². The monoisotopic (exact) mass is 334 g/mol. The number of carbonyl (C=O) groups excluding carboxylic acids is 1. The number of carbonyl (C=O) groups is 1. The maximum absolute atomic E-state index is 11.4. The van der Waals surface area contributed by atoms with E-state index in [-0.39, 0.29) is 5.91 Å². The number of halogens is 1. The van der Waals surface area contributed by atoms with Crippen LogP contribution in [-0.2, 0) is 6.61 Å². The molecule has 1 amide bonds. The summed E-state index contributed by atoms with van der Waals surface area (Å²) in [5, 5.41) is 0. The predicted octanol–water partition coefficient (Wildman–Crippen LogP) is 2.94. The van der Waals surface area contributed by atoms with Crippen molar-refractivity contribution in [1.82, 2.24) is 5.43 Å². The fraction of sp³-hybridized carbons (Fsp3) is 0.133. The summed E-state index contributed by atoms with van der Waals surface area (Å²) in [6, 6.07) is 13.0. The lowest BCUT2D eigenvalue weighted by atomic mass is 10.1. The topological polar surface area (TPSA) is 64.3 Å². The molecule has 0 radical (unpaired) electrons. The number of aryl methyl sites for hydroxylation is 1.